The normalized spacial score (nSPS) is 18.2. The zero-order valence-corrected chi connectivity index (χ0v) is 12.4. The van der Waals surface area contributed by atoms with Crippen molar-refractivity contribution in [1.29, 1.82) is 0 Å². The molecule has 0 aromatic heterocycles. The van der Waals surface area contributed by atoms with Gasteiger partial charge in [0.05, 0.1) is 0 Å². The number of hydrogen-bond acceptors (Lipinski definition) is 3. The maximum absolute atomic E-state index is 12.1. The minimum Gasteiger partial charge on any atom is -0.481 e. The van der Waals surface area contributed by atoms with Crippen molar-refractivity contribution in [2.75, 3.05) is 26.3 Å². The van der Waals surface area contributed by atoms with Crippen molar-refractivity contribution in [1.82, 2.24) is 10.2 Å². The van der Waals surface area contributed by atoms with Gasteiger partial charge in [-0.1, -0.05) is 0 Å². The minimum absolute atomic E-state index is 0.0682. The maximum atomic E-state index is 12.1. The molecule has 0 aromatic carbocycles. The Morgan fingerprint density at radius 1 is 1.45 bits per heavy atom. The summed E-state index contributed by atoms with van der Waals surface area (Å²) in [5.41, 5.74) is 0. The number of amides is 2. The van der Waals surface area contributed by atoms with E-state index in [-0.39, 0.29) is 18.5 Å². The van der Waals surface area contributed by atoms with E-state index in [4.69, 9.17) is 9.84 Å². The topological polar surface area (TPSA) is 78.9 Å². The van der Waals surface area contributed by atoms with Crippen LogP contribution in [0.25, 0.3) is 0 Å². The van der Waals surface area contributed by atoms with Gasteiger partial charge in [0.25, 0.3) is 0 Å². The Labute approximate surface area is 120 Å². The number of urea groups is 1. The van der Waals surface area contributed by atoms with Gasteiger partial charge in [-0.3, -0.25) is 4.79 Å². The summed E-state index contributed by atoms with van der Waals surface area (Å²) in [4.78, 5) is 24.3. The number of carboxylic acids is 1. The lowest BCUT2D eigenvalue weighted by molar-refractivity contribution is -0.137. The summed E-state index contributed by atoms with van der Waals surface area (Å²) < 4.78 is 5.30. The summed E-state index contributed by atoms with van der Waals surface area (Å²) in [6, 6.07) is -0.0390. The van der Waals surface area contributed by atoms with Gasteiger partial charge in [-0.25, -0.2) is 4.79 Å². The van der Waals surface area contributed by atoms with Crippen LogP contribution in [0.1, 0.15) is 39.5 Å². The molecule has 1 aliphatic rings. The van der Waals surface area contributed by atoms with E-state index < -0.39 is 5.97 Å². The first-order valence-corrected chi connectivity index (χ1v) is 7.34. The van der Waals surface area contributed by atoms with Gasteiger partial charge in [-0.05, 0) is 39.0 Å². The Morgan fingerprint density at radius 2 is 2.20 bits per heavy atom. The zero-order chi connectivity index (χ0) is 15.0. The van der Waals surface area contributed by atoms with E-state index in [9.17, 15) is 9.59 Å². The van der Waals surface area contributed by atoms with Gasteiger partial charge in [0.15, 0.2) is 0 Å². The third-order valence-electron chi connectivity index (χ3n) is 3.53. The fraction of sp³-hybridized carbons (Fsp3) is 0.857. The zero-order valence-electron chi connectivity index (χ0n) is 12.4. The Balaban J connectivity index is 2.25. The predicted molar refractivity (Wildman–Crippen MR) is 75.7 cm³/mol. The van der Waals surface area contributed by atoms with Crippen LogP contribution in [0.15, 0.2) is 0 Å². The molecule has 1 saturated heterocycles. The number of ether oxygens (including phenoxy) is 1. The van der Waals surface area contributed by atoms with Crippen molar-refractivity contribution in [2.45, 2.75) is 45.6 Å². The summed E-state index contributed by atoms with van der Waals surface area (Å²) in [6.07, 6.45) is 2.59. The highest BCUT2D eigenvalue weighted by Crippen LogP contribution is 2.15. The lowest BCUT2D eigenvalue weighted by atomic mass is 10.1. The molecule has 1 atom stereocenters. The fourth-order valence-corrected chi connectivity index (χ4v) is 2.29. The van der Waals surface area contributed by atoms with Gasteiger partial charge in [-0.2, -0.15) is 0 Å². The number of hydrogen-bond donors (Lipinski definition) is 2. The molecule has 0 spiro atoms. The maximum Gasteiger partial charge on any atom is 0.317 e. The second kappa shape index (κ2) is 8.79. The van der Waals surface area contributed by atoms with Crippen LogP contribution in [-0.4, -0.2) is 54.4 Å². The third-order valence-corrected chi connectivity index (χ3v) is 3.53. The largest absolute Gasteiger partial charge is 0.481 e. The van der Waals surface area contributed by atoms with Crippen molar-refractivity contribution in [3.63, 3.8) is 0 Å². The molecule has 0 aliphatic carbocycles. The number of nitrogens with one attached hydrogen (secondary N) is 1. The summed E-state index contributed by atoms with van der Waals surface area (Å²) in [5, 5.41) is 11.5. The number of rotatable bonds is 8. The first-order valence-electron chi connectivity index (χ1n) is 7.34. The Bertz CT molecular complexity index is 314. The molecule has 6 heteroatoms. The molecule has 0 aromatic rings. The Kier molecular flexibility index (Phi) is 7.36. The average molecular weight is 286 g/mol. The van der Waals surface area contributed by atoms with Crippen LogP contribution in [0.2, 0.25) is 0 Å². The van der Waals surface area contributed by atoms with Gasteiger partial charge in [0.2, 0.25) is 0 Å². The molecule has 6 nitrogen and oxygen atoms in total. The van der Waals surface area contributed by atoms with Crippen LogP contribution in [0, 0.1) is 5.92 Å². The molecule has 2 N–H and O–H groups in total. The first kappa shape index (κ1) is 16.8. The molecule has 1 rings (SSSR count). The molecule has 1 unspecified atom stereocenters. The van der Waals surface area contributed by atoms with Crippen LogP contribution >= 0.6 is 0 Å². The van der Waals surface area contributed by atoms with Crippen LogP contribution in [0.4, 0.5) is 4.79 Å². The molecule has 116 valence electrons. The molecule has 1 heterocycles. The summed E-state index contributed by atoms with van der Waals surface area (Å²) in [5.74, 6) is -0.273. The minimum atomic E-state index is -0.824. The van der Waals surface area contributed by atoms with Crippen LogP contribution < -0.4 is 5.32 Å². The van der Waals surface area contributed by atoms with Gasteiger partial charge >= 0.3 is 12.0 Å². The van der Waals surface area contributed by atoms with Crippen LogP contribution in [0.5, 0.6) is 0 Å². The van der Waals surface area contributed by atoms with Crippen molar-refractivity contribution in [3.8, 4) is 0 Å². The van der Waals surface area contributed by atoms with Crippen molar-refractivity contribution >= 4 is 12.0 Å². The molecular formula is C14H26N2O4. The van der Waals surface area contributed by atoms with Crippen molar-refractivity contribution in [2.24, 2.45) is 5.92 Å². The second-order valence-corrected chi connectivity index (χ2v) is 5.53. The average Bonchev–Trinajstić information content (AvgIpc) is 2.86. The SMILES string of the molecule is CC(C)N(CCCC(=O)O)C(=O)NCCC1CCOC1. The highest BCUT2D eigenvalue weighted by molar-refractivity contribution is 5.74. The van der Waals surface area contributed by atoms with Gasteiger partial charge in [-0.15, -0.1) is 0 Å². The van der Waals surface area contributed by atoms with Crippen molar-refractivity contribution < 1.29 is 19.4 Å². The second-order valence-electron chi connectivity index (χ2n) is 5.53. The number of carbonyl (C=O) groups excluding carboxylic acids is 1. The van der Waals surface area contributed by atoms with E-state index in [1.165, 1.54) is 0 Å². The quantitative estimate of drug-likeness (QED) is 0.712. The van der Waals surface area contributed by atoms with E-state index >= 15 is 0 Å². The van der Waals surface area contributed by atoms with Gasteiger partial charge < -0.3 is 20.1 Å². The predicted octanol–water partition coefficient (Wildman–Crippen LogP) is 1.70. The fourth-order valence-electron chi connectivity index (χ4n) is 2.29. The lowest BCUT2D eigenvalue weighted by Gasteiger charge is -2.27. The highest BCUT2D eigenvalue weighted by Gasteiger charge is 2.18. The summed E-state index contributed by atoms with van der Waals surface area (Å²) >= 11 is 0. The first-order chi connectivity index (χ1) is 9.50. The van der Waals surface area contributed by atoms with Crippen LogP contribution in [-0.2, 0) is 9.53 Å². The summed E-state index contributed by atoms with van der Waals surface area (Å²) in [6.45, 7) is 6.61. The number of aliphatic carboxylic acids is 1. The molecule has 0 saturated carbocycles. The van der Waals surface area contributed by atoms with E-state index in [1.54, 1.807) is 4.90 Å². The number of nitrogens with zero attached hydrogens (tertiary/aromatic N) is 1. The Hall–Kier alpha value is -1.30. The monoisotopic (exact) mass is 286 g/mol. The molecule has 0 radical (unpaired) electrons. The molecule has 0 bridgehead atoms. The standard InChI is InChI=1S/C14H26N2O4/c1-11(2)16(8-3-4-13(17)18)14(19)15-7-5-12-6-9-20-10-12/h11-12H,3-10H2,1-2H3,(H,15,19)(H,17,18). The molecule has 1 fully saturated rings. The lowest BCUT2D eigenvalue weighted by Crippen LogP contribution is -2.45. The third kappa shape index (κ3) is 6.23. The number of carbonyl (C=O) groups is 2. The molecule has 20 heavy (non-hydrogen) atoms. The van der Waals surface area contributed by atoms with Gasteiger partial charge in [0.1, 0.15) is 0 Å². The number of carboxylic acid groups (broad SMARTS) is 1. The molecule has 2 amide bonds. The smallest absolute Gasteiger partial charge is 0.317 e. The van der Waals surface area contributed by atoms with E-state index in [0.717, 1.165) is 26.1 Å². The van der Waals surface area contributed by atoms with E-state index in [2.05, 4.69) is 5.32 Å². The van der Waals surface area contributed by atoms with Crippen LogP contribution in [0.3, 0.4) is 0 Å². The highest BCUT2D eigenvalue weighted by atomic mass is 16.5. The molecular weight excluding hydrogens is 260 g/mol. The van der Waals surface area contributed by atoms with E-state index in [0.29, 0.717) is 25.4 Å². The van der Waals surface area contributed by atoms with E-state index in [1.807, 2.05) is 13.8 Å². The van der Waals surface area contributed by atoms with Crippen molar-refractivity contribution in [3.05, 3.63) is 0 Å². The molecule has 1 aliphatic heterocycles. The Morgan fingerprint density at radius 3 is 2.75 bits per heavy atom. The summed E-state index contributed by atoms with van der Waals surface area (Å²) in [7, 11) is 0. The van der Waals surface area contributed by atoms with Gasteiger partial charge in [0, 0.05) is 38.8 Å².